The van der Waals surface area contributed by atoms with Crippen molar-refractivity contribution in [2.75, 3.05) is 7.11 Å². The smallest absolute Gasteiger partial charge is 0.327 e. The second kappa shape index (κ2) is 4.14. The molecule has 0 aliphatic carbocycles. The van der Waals surface area contributed by atoms with E-state index >= 15 is 0 Å². The Morgan fingerprint density at radius 2 is 2.19 bits per heavy atom. The third-order valence-electron chi connectivity index (χ3n) is 2.21. The number of carbonyl (C=O) groups is 1. The molecule has 82 valence electrons. The van der Waals surface area contributed by atoms with Gasteiger partial charge in [0.2, 0.25) is 0 Å². The topological polar surface area (TPSA) is 61.2 Å². The maximum atomic E-state index is 11.6. The van der Waals surface area contributed by atoms with Crippen molar-refractivity contribution >= 4 is 16.9 Å². The Balaban J connectivity index is 2.50. The van der Waals surface area contributed by atoms with Gasteiger partial charge < -0.3 is 4.74 Å². The number of rotatable bonds is 2. The highest BCUT2D eigenvalue weighted by molar-refractivity contribution is 5.77. The number of hydrogen-bond donors (Lipinski definition) is 0. The third kappa shape index (κ3) is 1.93. The van der Waals surface area contributed by atoms with E-state index in [9.17, 15) is 9.59 Å². The number of fused-ring (bicyclic) bond motifs is 1. The minimum Gasteiger partial charge on any atom is -0.468 e. The van der Waals surface area contributed by atoms with Gasteiger partial charge in [0.1, 0.15) is 6.54 Å². The molecule has 1 aromatic heterocycles. The Morgan fingerprint density at radius 1 is 1.44 bits per heavy atom. The molecule has 0 spiro atoms. The summed E-state index contributed by atoms with van der Waals surface area (Å²) in [5.41, 5.74) is 0.357. The number of ether oxygens (including phenoxy) is 1. The van der Waals surface area contributed by atoms with Gasteiger partial charge in [-0.3, -0.25) is 9.59 Å². The molecule has 2 rings (SSSR count). The molecule has 0 saturated carbocycles. The molecule has 0 N–H and O–H groups in total. The predicted octanol–water partition coefficient (Wildman–Crippen LogP) is 0.570. The number of carbonyl (C=O) groups excluding carboxylic acids is 1. The van der Waals surface area contributed by atoms with Crippen LogP contribution in [0.5, 0.6) is 0 Å². The molecule has 0 radical (unpaired) electrons. The van der Waals surface area contributed by atoms with Gasteiger partial charge >= 0.3 is 5.97 Å². The molecule has 0 aliphatic rings. The van der Waals surface area contributed by atoms with E-state index in [1.54, 1.807) is 12.1 Å². The first-order valence-electron chi connectivity index (χ1n) is 4.74. The Kier molecular flexibility index (Phi) is 2.68. The van der Waals surface area contributed by atoms with Crippen LogP contribution in [0.25, 0.3) is 10.9 Å². The summed E-state index contributed by atoms with van der Waals surface area (Å²) >= 11 is 0. The molecular weight excluding hydrogens is 208 g/mol. The molecular formula is C11H10N2O3. The van der Waals surface area contributed by atoms with Crippen LogP contribution < -0.4 is 5.56 Å². The van der Waals surface area contributed by atoms with Crippen LogP contribution in [0.4, 0.5) is 0 Å². The van der Waals surface area contributed by atoms with E-state index in [1.165, 1.54) is 13.2 Å². The summed E-state index contributed by atoms with van der Waals surface area (Å²) in [4.78, 5) is 22.6. The van der Waals surface area contributed by atoms with E-state index in [-0.39, 0.29) is 12.1 Å². The molecule has 1 aromatic carbocycles. The van der Waals surface area contributed by atoms with Crippen LogP contribution in [0.1, 0.15) is 0 Å². The van der Waals surface area contributed by atoms with Gasteiger partial charge in [0.05, 0.1) is 12.6 Å². The number of methoxy groups -OCH3 is 1. The fraction of sp³-hybridized carbons (Fsp3) is 0.182. The standard InChI is InChI=1S/C11H10N2O3/c1-16-11(15)7-13-10(14)6-8-4-2-3-5-9(8)12-13/h2-6H,7H2,1H3. The van der Waals surface area contributed by atoms with Crippen molar-refractivity contribution < 1.29 is 9.53 Å². The molecule has 5 heteroatoms. The van der Waals surface area contributed by atoms with E-state index in [0.717, 1.165) is 10.1 Å². The van der Waals surface area contributed by atoms with Crippen molar-refractivity contribution in [2.24, 2.45) is 0 Å². The maximum Gasteiger partial charge on any atom is 0.327 e. The van der Waals surface area contributed by atoms with E-state index in [2.05, 4.69) is 9.84 Å². The van der Waals surface area contributed by atoms with Gasteiger partial charge in [-0.25, -0.2) is 4.68 Å². The zero-order valence-electron chi connectivity index (χ0n) is 8.71. The molecule has 2 aromatic rings. The number of esters is 1. The minimum atomic E-state index is -0.495. The quantitative estimate of drug-likeness (QED) is 0.691. The molecule has 0 saturated heterocycles. The maximum absolute atomic E-state index is 11.6. The average Bonchev–Trinajstić information content (AvgIpc) is 2.30. The largest absolute Gasteiger partial charge is 0.468 e. The Bertz CT molecular complexity index is 589. The molecule has 0 atom stereocenters. The van der Waals surface area contributed by atoms with Crippen molar-refractivity contribution in [3.8, 4) is 0 Å². The zero-order chi connectivity index (χ0) is 11.5. The van der Waals surface area contributed by atoms with Crippen molar-refractivity contribution in [3.63, 3.8) is 0 Å². The van der Waals surface area contributed by atoms with Gasteiger partial charge in [-0.05, 0) is 6.07 Å². The van der Waals surface area contributed by atoms with Crippen LogP contribution in [-0.2, 0) is 16.1 Å². The molecule has 0 aliphatic heterocycles. The van der Waals surface area contributed by atoms with Crippen molar-refractivity contribution in [1.82, 2.24) is 9.78 Å². The highest BCUT2D eigenvalue weighted by Crippen LogP contribution is 2.06. The molecule has 0 fully saturated rings. The fourth-order valence-electron chi connectivity index (χ4n) is 1.39. The van der Waals surface area contributed by atoms with Gasteiger partial charge in [0, 0.05) is 11.5 Å². The summed E-state index contributed by atoms with van der Waals surface area (Å²) in [5, 5.41) is 4.82. The molecule has 16 heavy (non-hydrogen) atoms. The Morgan fingerprint density at radius 3 is 2.94 bits per heavy atom. The van der Waals surface area contributed by atoms with Crippen LogP contribution in [-0.4, -0.2) is 22.9 Å². The number of benzene rings is 1. The summed E-state index contributed by atoms with van der Waals surface area (Å²) in [5.74, 6) is -0.495. The molecule has 0 unspecified atom stereocenters. The summed E-state index contributed by atoms with van der Waals surface area (Å²) in [6, 6.07) is 8.68. The number of nitrogens with zero attached hydrogens (tertiary/aromatic N) is 2. The summed E-state index contributed by atoms with van der Waals surface area (Å²) in [7, 11) is 1.27. The third-order valence-corrected chi connectivity index (χ3v) is 2.21. The zero-order valence-corrected chi connectivity index (χ0v) is 8.71. The second-order valence-electron chi connectivity index (χ2n) is 3.28. The van der Waals surface area contributed by atoms with Crippen LogP contribution in [0, 0.1) is 0 Å². The average molecular weight is 218 g/mol. The van der Waals surface area contributed by atoms with Crippen LogP contribution >= 0.6 is 0 Å². The SMILES string of the molecule is COC(=O)Cn1nc2ccccc2cc1=O. The first-order chi connectivity index (χ1) is 7.70. The molecule has 1 heterocycles. The molecule has 0 bridgehead atoms. The van der Waals surface area contributed by atoms with E-state index in [4.69, 9.17) is 0 Å². The van der Waals surface area contributed by atoms with Gasteiger partial charge in [-0.15, -0.1) is 0 Å². The van der Waals surface area contributed by atoms with Crippen LogP contribution in [0.2, 0.25) is 0 Å². The highest BCUT2D eigenvalue weighted by atomic mass is 16.5. The van der Waals surface area contributed by atoms with Crippen LogP contribution in [0.15, 0.2) is 35.1 Å². The van der Waals surface area contributed by atoms with Gasteiger partial charge in [-0.1, -0.05) is 18.2 Å². The first kappa shape index (κ1) is 10.4. The lowest BCUT2D eigenvalue weighted by Gasteiger charge is -2.03. The van der Waals surface area contributed by atoms with Crippen molar-refractivity contribution in [3.05, 3.63) is 40.7 Å². The van der Waals surface area contributed by atoms with Crippen molar-refractivity contribution in [1.29, 1.82) is 0 Å². The summed E-state index contributed by atoms with van der Waals surface area (Å²) in [6.45, 7) is -0.167. The lowest BCUT2D eigenvalue weighted by atomic mass is 10.2. The van der Waals surface area contributed by atoms with Gasteiger partial charge in [0.15, 0.2) is 0 Å². The minimum absolute atomic E-state index is 0.167. The van der Waals surface area contributed by atoms with Gasteiger partial charge in [-0.2, -0.15) is 5.10 Å². The lowest BCUT2D eigenvalue weighted by molar-refractivity contribution is -0.141. The van der Waals surface area contributed by atoms with Gasteiger partial charge in [0.25, 0.3) is 5.56 Å². The number of hydrogen-bond acceptors (Lipinski definition) is 4. The Labute approximate surface area is 91.3 Å². The van der Waals surface area contributed by atoms with Crippen molar-refractivity contribution in [2.45, 2.75) is 6.54 Å². The normalized spacial score (nSPS) is 10.3. The summed E-state index contributed by atoms with van der Waals surface area (Å²) < 4.78 is 5.57. The lowest BCUT2D eigenvalue weighted by Crippen LogP contribution is -2.26. The van der Waals surface area contributed by atoms with E-state index < -0.39 is 5.97 Å². The highest BCUT2D eigenvalue weighted by Gasteiger charge is 2.06. The first-order valence-corrected chi connectivity index (χ1v) is 4.74. The monoisotopic (exact) mass is 218 g/mol. The van der Waals surface area contributed by atoms with E-state index in [0.29, 0.717) is 5.52 Å². The summed E-state index contributed by atoms with van der Waals surface area (Å²) in [6.07, 6.45) is 0. The number of aromatic nitrogens is 2. The molecule has 5 nitrogen and oxygen atoms in total. The van der Waals surface area contributed by atoms with Crippen LogP contribution in [0.3, 0.4) is 0 Å². The van der Waals surface area contributed by atoms with E-state index in [1.807, 2.05) is 12.1 Å². The predicted molar refractivity (Wildman–Crippen MR) is 58.0 cm³/mol. The second-order valence-corrected chi connectivity index (χ2v) is 3.28. The Hall–Kier alpha value is -2.17. The fourth-order valence-corrected chi connectivity index (χ4v) is 1.39. The molecule has 0 amide bonds.